The van der Waals surface area contributed by atoms with Crippen molar-refractivity contribution >= 4 is 0 Å². The second kappa shape index (κ2) is 6.23. The first-order chi connectivity index (χ1) is 7.51. The van der Waals surface area contributed by atoms with Crippen molar-refractivity contribution in [3.63, 3.8) is 0 Å². The molecule has 0 aromatic carbocycles. The van der Waals surface area contributed by atoms with Crippen LogP contribution in [0.15, 0.2) is 10.2 Å². The monoisotopic (exact) mass is 220 g/mol. The van der Waals surface area contributed by atoms with Crippen LogP contribution in [-0.4, -0.2) is 11.1 Å². The van der Waals surface area contributed by atoms with Crippen LogP contribution in [0.1, 0.15) is 53.4 Å². The van der Waals surface area contributed by atoms with E-state index in [1.54, 1.807) is 6.92 Å². The molecule has 0 spiro atoms. The summed E-state index contributed by atoms with van der Waals surface area (Å²) in [6.45, 7) is 7.57. The second-order valence-corrected chi connectivity index (χ2v) is 4.19. The zero-order valence-electron chi connectivity index (χ0n) is 10.6. The molecule has 0 aliphatic rings. The van der Waals surface area contributed by atoms with Crippen molar-refractivity contribution in [2.24, 2.45) is 10.2 Å². The first-order valence-electron chi connectivity index (χ1n) is 5.78. The number of hydrogen-bond acceptors (Lipinski definition) is 4. The third-order valence-corrected chi connectivity index (χ3v) is 2.85. The molecule has 4 nitrogen and oxygen atoms in total. The van der Waals surface area contributed by atoms with Crippen molar-refractivity contribution < 1.29 is 0 Å². The Morgan fingerprint density at radius 1 is 1.00 bits per heavy atom. The predicted octanol–water partition coefficient (Wildman–Crippen LogP) is 3.60. The maximum absolute atomic E-state index is 9.16. The highest BCUT2D eigenvalue weighted by Crippen LogP contribution is 2.25. The first kappa shape index (κ1) is 14.6. The normalized spacial score (nSPS) is 18.4. The number of rotatable bonds is 6. The molecule has 88 valence electrons. The standard InChI is InChI=1S/C12H20N4/c1-5-8-12(7-3,10-14)16-15-11(4,6-2)9-13/h5-8H2,1-4H3. The maximum atomic E-state index is 9.16. The number of azo groups is 1. The molecule has 2 atom stereocenters. The van der Waals surface area contributed by atoms with Crippen LogP contribution in [-0.2, 0) is 0 Å². The van der Waals surface area contributed by atoms with Gasteiger partial charge in [-0.1, -0.05) is 27.2 Å². The molecule has 2 unspecified atom stereocenters. The molecule has 0 N–H and O–H groups in total. The minimum Gasteiger partial charge on any atom is -0.196 e. The van der Waals surface area contributed by atoms with Crippen LogP contribution < -0.4 is 0 Å². The van der Waals surface area contributed by atoms with E-state index in [2.05, 4.69) is 22.4 Å². The molecule has 0 saturated carbocycles. The molecule has 0 radical (unpaired) electrons. The Balaban J connectivity index is 4.97. The fourth-order valence-corrected chi connectivity index (χ4v) is 1.25. The van der Waals surface area contributed by atoms with Gasteiger partial charge in [-0.15, -0.1) is 0 Å². The van der Waals surface area contributed by atoms with Crippen LogP contribution in [0.3, 0.4) is 0 Å². The average molecular weight is 220 g/mol. The van der Waals surface area contributed by atoms with Gasteiger partial charge in [-0.2, -0.15) is 20.8 Å². The lowest BCUT2D eigenvalue weighted by Crippen LogP contribution is -2.25. The summed E-state index contributed by atoms with van der Waals surface area (Å²) in [7, 11) is 0. The lowest BCUT2D eigenvalue weighted by Gasteiger charge is -2.20. The fraction of sp³-hybridized carbons (Fsp3) is 0.833. The molecule has 0 bridgehead atoms. The van der Waals surface area contributed by atoms with E-state index in [4.69, 9.17) is 10.5 Å². The molecule has 4 heteroatoms. The molecule has 0 rings (SSSR count). The van der Waals surface area contributed by atoms with Crippen molar-refractivity contribution in [1.29, 1.82) is 10.5 Å². The number of nitrogens with zero attached hydrogens (tertiary/aromatic N) is 4. The zero-order valence-corrected chi connectivity index (χ0v) is 10.6. The average Bonchev–Trinajstić information content (AvgIpc) is 2.34. The third kappa shape index (κ3) is 3.62. The smallest absolute Gasteiger partial charge is 0.167 e. The number of hydrogen-bond donors (Lipinski definition) is 0. The Bertz CT molecular complexity index is 323. The Labute approximate surface area is 98.0 Å². The van der Waals surface area contributed by atoms with Crippen LogP contribution in [0, 0.1) is 22.7 Å². The van der Waals surface area contributed by atoms with Crippen LogP contribution in [0.5, 0.6) is 0 Å². The van der Waals surface area contributed by atoms with Crippen LogP contribution >= 0.6 is 0 Å². The van der Waals surface area contributed by atoms with Gasteiger partial charge >= 0.3 is 0 Å². The van der Waals surface area contributed by atoms with Gasteiger partial charge in [0.05, 0.1) is 12.1 Å². The summed E-state index contributed by atoms with van der Waals surface area (Å²) in [5, 5.41) is 26.3. The Hall–Kier alpha value is -1.42. The van der Waals surface area contributed by atoms with Crippen molar-refractivity contribution in [3.8, 4) is 12.1 Å². The molecule has 0 heterocycles. The van der Waals surface area contributed by atoms with Gasteiger partial charge in [0.15, 0.2) is 11.1 Å². The van der Waals surface area contributed by atoms with Crippen LogP contribution in [0.25, 0.3) is 0 Å². The Morgan fingerprint density at radius 2 is 1.62 bits per heavy atom. The first-order valence-corrected chi connectivity index (χ1v) is 5.78. The molecular weight excluding hydrogens is 200 g/mol. The highest BCUT2D eigenvalue weighted by Gasteiger charge is 2.29. The summed E-state index contributed by atoms with van der Waals surface area (Å²) in [5.41, 5.74) is -1.55. The van der Waals surface area contributed by atoms with Gasteiger partial charge in [0.1, 0.15) is 0 Å². The molecular formula is C12H20N4. The largest absolute Gasteiger partial charge is 0.196 e. The summed E-state index contributed by atoms with van der Waals surface area (Å²) in [5.74, 6) is 0. The molecule has 0 aromatic heterocycles. The van der Waals surface area contributed by atoms with E-state index in [0.29, 0.717) is 19.3 Å². The van der Waals surface area contributed by atoms with Gasteiger partial charge in [-0.05, 0) is 26.2 Å². The summed E-state index contributed by atoms with van der Waals surface area (Å²) in [4.78, 5) is 0. The van der Waals surface area contributed by atoms with E-state index in [1.807, 2.05) is 20.8 Å². The summed E-state index contributed by atoms with van der Waals surface area (Å²) < 4.78 is 0. The third-order valence-electron chi connectivity index (χ3n) is 2.85. The Morgan fingerprint density at radius 3 is 1.94 bits per heavy atom. The van der Waals surface area contributed by atoms with E-state index in [0.717, 1.165) is 6.42 Å². The zero-order chi connectivity index (χ0) is 12.7. The van der Waals surface area contributed by atoms with Gasteiger partial charge in [0, 0.05) is 0 Å². The van der Waals surface area contributed by atoms with Crippen molar-refractivity contribution in [2.75, 3.05) is 0 Å². The van der Waals surface area contributed by atoms with E-state index >= 15 is 0 Å². The minimum atomic E-state index is -0.801. The summed E-state index contributed by atoms with van der Waals surface area (Å²) in [6.07, 6.45) is 2.81. The molecule has 16 heavy (non-hydrogen) atoms. The van der Waals surface area contributed by atoms with Gasteiger partial charge in [0.2, 0.25) is 0 Å². The van der Waals surface area contributed by atoms with Crippen LogP contribution in [0.4, 0.5) is 0 Å². The highest BCUT2D eigenvalue weighted by molar-refractivity contribution is 5.08. The summed E-state index contributed by atoms with van der Waals surface area (Å²) in [6, 6.07) is 4.34. The van der Waals surface area contributed by atoms with Gasteiger partial charge in [-0.25, -0.2) is 0 Å². The molecule has 0 aromatic rings. The maximum Gasteiger partial charge on any atom is 0.167 e. The van der Waals surface area contributed by atoms with E-state index in [9.17, 15) is 0 Å². The lowest BCUT2D eigenvalue weighted by atomic mass is 9.93. The van der Waals surface area contributed by atoms with Crippen molar-refractivity contribution in [3.05, 3.63) is 0 Å². The topological polar surface area (TPSA) is 72.3 Å². The van der Waals surface area contributed by atoms with Crippen molar-refractivity contribution in [2.45, 2.75) is 64.5 Å². The van der Waals surface area contributed by atoms with Crippen LogP contribution in [0.2, 0.25) is 0 Å². The Kier molecular flexibility index (Phi) is 5.67. The number of nitriles is 2. The summed E-state index contributed by atoms with van der Waals surface area (Å²) >= 11 is 0. The fourth-order valence-electron chi connectivity index (χ4n) is 1.25. The van der Waals surface area contributed by atoms with Gasteiger partial charge in [-0.3, -0.25) is 0 Å². The van der Waals surface area contributed by atoms with E-state index in [-0.39, 0.29) is 0 Å². The van der Waals surface area contributed by atoms with Crippen molar-refractivity contribution in [1.82, 2.24) is 0 Å². The highest BCUT2D eigenvalue weighted by atomic mass is 15.2. The lowest BCUT2D eigenvalue weighted by molar-refractivity contribution is 0.421. The SMILES string of the molecule is CCCC(C#N)(CC)N=NC(C)(C#N)CC. The van der Waals surface area contributed by atoms with E-state index in [1.165, 1.54) is 0 Å². The van der Waals surface area contributed by atoms with E-state index < -0.39 is 11.1 Å². The molecule has 0 fully saturated rings. The second-order valence-electron chi connectivity index (χ2n) is 4.19. The van der Waals surface area contributed by atoms with Gasteiger partial charge < -0.3 is 0 Å². The molecule has 0 aliphatic heterocycles. The quantitative estimate of drug-likeness (QED) is 0.641. The molecule has 0 saturated heterocycles. The molecule has 0 aliphatic carbocycles. The predicted molar refractivity (Wildman–Crippen MR) is 62.7 cm³/mol. The minimum absolute atomic E-state index is 0.602. The van der Waals surface area contributed by atoms with Gasteiger partial charge in [0.25, 0.3) is 0 Å². The molecule has 0 amide bonds.